The fourth-order valence-corrected chi connectivity index (χ4v) is 4.56. The van der Waals surface area contributed by atoms with Crippen LogP contribution in [0.5, 0.6) is 0 Å². The van der Waals surface area contributed by atoms with Crippen LogP contribution in [0.2, 0.25) is 0 Å². The summed E-state index contributed by atoms with van der Waals surface area (Å²) in [5, 5.41) is 1.45. The van der Waals surface area contributed by atoms with Gasteiger partial charge < -0.3 is 1.43 Å². The van der Waals surface area contributed by atoms with Gasteiger partial charge in [-0.25, -0.2) is 0 Å². The third kappa shape index (κ3) is 8.65. The Bertz CT molecular complexity index is 793. The monoisotopic (exact) mass is 416 g/mol. The molecular formula is C22H33KO3S. The molecule has 2 aromatic carbocycles. The van der Waals surface area contributed by atoms with Crippen LogP contribution in [0.25, 0.3) is 10.8 Å². The maximum Gasteiger partial charge on any atom is 1.00 e. The summed E-state index contributed by atoms with van der Waals surface area (Å²) >= 11 is 0. The van der Waals surface area contributed by atoms with Crippen LogP contribution in [0, 0.1) is 0 Å². The van der Waals surface area contributed by atoms with Gasteiger partial charge in [0.15, 0.2) is 0 Å². The molecular weight excluding hydrogens is 383 g/mol. The van der Waals surface area contributed by atoms with Crippen molar-refractivity contribution in [1.29, 1.82) is 0 Å². The number of rotatable bonds is 12. The smallest absolute Gasteiger partial charge is 1.00 e. The molecule has 5 heteroatoms. The first kappa shape index (κ1) is 25.3. The molecule has 1 N–H and O–H groups in total. The summed E-state index contributed by atoms with van der Waals surface area (Å²) in [6, 6.07) is 11.1. The predicted molar refractivity (Wildman–Crippen MR) is 110 cm³/mol. The summed E-state index contributed by atoms with van der Waals surface area (Å²) in [7, 11) is -4.22. The number of benzene rings is 2. The summed E-state index contributed by atoms with van der Waals surface area (Å²) in [6.45, 7) is 2.24. The maximum atomic E-state index is 11.9. The van der Waals surface area contributed by atoms with Crippen molar-refractivity contribution in [2.45, 2.75) is 82.4 Å². The van der Waals surface area contributed by atoms with Crippen molar-refractivity contribution >= 4 is 20.9 Å². The zero-order valence-electron chi connectivity index (χ0n) is 17.9. The Hall–Kier alpha value is 0.246. The van der Waals surface area contributed by atoms with E-state index in [1.165, 1.54) is 51.4 Å². The average Bonchev–Trinajstić information content (AvgIpc) is 2.62. The fraction of sp³-hybridized carbons (Fsp3) is 0.545. The fourth-order valence-electron chi connectivity index (χ4n) is 3.59. The first-order valence-corrected chi connectivity index (χ1v) is 11.5. The van der Waals surface area contributed by atoms with E-state index in [4.69, 9.17) is 0 Å². The van der Waals surface area contributed by atoms with Crippen LogP contribution >= 0.6 is 0 Å². The Morgan fingerprint density at radius 2 is 1.37 bits per heavy atom. The van der Waals surface area contributed by atoms with Crippen LogP contribution in [0.3, 0.4) is 0 Å². The molecule has 0 spiro atoms. The third-order valence-corrected chi connectivity index (χ3v) is 6.02. The Labute approximate surface area is 209 Å². The molecule has 27 heavy (non-hydrogen) atoms. The van der Waals surface area contributed by atoms with E-state index in [2.05, 4.69) is 6.92 Å². The Morgan fingerprint density at radius 1 is 0.815 bits per heavy atom. The molecule has 0 aliphatic heterocycles. The predicted octanol–water partition coefficient (Wildman–Crippen LogP) is 3.67. The Balaban J connectivity index is 0.00000364. The van der Waals surface area contributed by atoms with Gasteiger partial charge in [0.25, 0.3) is 10.1 Å². The van der Waals surface area contributed by atoms with E-state index in [1.54, 1.807) is 12.1 Å². The van der Waals surface area contributed by atoms with Gasteiger partial charge >= 0.3 is 51.4 Å². The van der Waals surface area contributed by atoms with Gasteiger partial charge in [-0.15, -0.1) is 0 Å². The minimum Gasteiger partial charge on any atom is -1.00 e. The van der Waals surface area contributed by atoms with Crippen molar-refractivity contribution in [3.8, 4) is 0 Å². The molecule has 0 heterocycles. The molecule has 0 bridgehead atoms. The molecule has 0 radical (unpaired) electrons. The summed E-state index contributed by atoms with van der Waals surface area (Å²) in [4.78, 5) is 0.0894. The van der Waals surface area contributed by atoms with Crippen molar-refractivity contribution in [2.75, 3.05) is 0 Å². The first-order valence-electron chi connectivity index (χ1n) is 10.0. The van der Waals surface area contributed by atoms with Crippen LogP contribution < -0.4 is 51.4 Å². The molecule has 2 aromatic rings. The van der Waals surface area contributed by atoms with Crippen LogP contribution in [-0.2, 0) is 16.5 Å². The van der Waals surface area contributed by atoms with E-state index in [0.717, 1.165) is 23.8 Å². The molecule has 3 nitrogen and oxygen atoms in total. The van der Waals surface area contributed by atoms with Crippen molar-refractivity contribution in [2.24, 2.45) is 0 Å². The number of fused-ring (bicyclic) bond motifs is 1. The van der Waals surface area contributed by atoms with E-state index < -0.39 is 10.1 Å². The van der Waals surface area contributed by atoms with Crippen LogP contribution in [0.1, 0.15) is 78.1 Å². The summed E-state index contributed by atoms with van der Waals surface area (Å²) in [6.07, 6.45) is 13.2. The third-order valence-electron chi connectivity index (χ3n) is 5.02. The topological polar surface area (TPSA) is 54.4 Å². The average molecular weight is 417 g/mol. The van der Waals surface area contributed by atoms with Gasteiger partial charge in [-0.1, -0.05) is 101 Å². The van der Waals surface area contributed by atoms with Crippen LogP contribution in [0.4, 0.5) is 0 Å². The second kappa shape index (κ2) is 13.5. The van der Waals surface area contributed by atoms with Gasteiger partial charge in [0.1, 0.15) is 4.90 Å². The van der Waals surface area contributed by atoms with Gasteiger partial charge in [0, 0.05) is 5.39 Å². The standard InChI is InChI=1S/C22H32O3S.K.H/c1-2-3-4-5-6-7-8-9-10-11-15-20-18-17-19-14-12-13-16-21(19)22(20)26(23,24)25;;/h12-14,16-18H,2-11,15H2,1H3,(H,23,24,25);;/q;+1;-1. The van der Waals surface area contributed by atoms with Gasteiger partial charge in [-0.05, 0) is 23.8 Å². The van der Waals surface area contributed by atoms with E-state index in [1.807, 2.05) is 24.3 Å². The van der Waals surface area contributed by atoms with Crippen LogP contribution in [-0.4, -0.2) is 13.0 Å². The van der Waals surface area contributed by atoms with Gasteiger partial charge in [-0.2, -0.15) is 8.42 Å². The molecule has 0 fully saturated rings. The van der Waals surface area contributed by atoms with Crippen molar-refractivity contribution < 1.29 is 65.8 Å². The SMILES string of the molecule is CCCCCCCCCCCCc1ccc2ccccc2c1S(=O)(=O)O.[H-].[K+]. The minimum absolute atomic E-state index is 0. The van der Waals surface area contributed by atoms with Gasteiger partial charge in [-0.3, -0.25) is 4.55 Å². The number of hydrogen-bond acceptors (Lipinski definition) is 2. The second-order valence-electron chi connectivity index (χ2n) is 7.18. The largest absolute Gasteiger partial charge is 1.00 e. The van der Waals surface area contributed by atoms with Crippen LogP contribution in [0.15, 0.2) is 41.3 Å². The van der Waals surface area contributed by atoms with E-state index >= 15 is 0 Å². The molecule has 0 aromatic heterocycles. The molecule has 0 saturated heterocycles. The quantitative estimate of drug-likeness (QED) is 0.326. The zero-order valence-corrected chi connectivity index (χ0v) is 20.9. The summed E-state index contributed by atoms with van der Waals surface area (Å²) < 4.78 is 33.5. The second-order valence-corrected chi connectivity index (χ2v) is 8.54. The molecule has 0 saturated carbocycles. The van der Waals surface area contributed by atoms with E-state index in [-0.39, 0.29) is 57.7 Å². The van der Waals surface area contributed by atoms with Crippen molar-refractivity contribution in [1.82, 2.24) is 0 Å². The molecule has 0 amide bonds. The molecule has 146 valence electrons. The summed E-state index contributed by atoms with van der Waals surface area (Å²) in [5.41, 5.74) is 0.728. The first-order chi connectivity index (χ1) is 12.5. The molecule has 2 rings (SSSR count). The van der Waals surface area contributed by atoms with E-state index in [9.17, 15) is 13.0 Å². The van der Waals surface area contributed by atoms with E-state index in [0.29, 0.717) is 11.8 Å². The normalized spacial score (nSPS) is 11.5. The van der Waals surface area contributed by atoms with Gasteiger partial charge in [0.2, 0.25) is 0 Å². The van der Waals surface area contributed by atoms with Gasteiger partial charge in [0.05, 0.1) is 0 Å². The Morgan fingerprint density at radius 3 is 1.96 bits per heavy atom. The molecule has 0 aliphatic rings. The number of aryl methyl sites for hydroxylation is 1. The number of hydrogen-bond donors (Lipinski definition) is 1. The Kier molecular flexibility index (Phi) is 12.6. The zero-order chi connectivity index (χ0) is 18.8. The molecule has 0 atom stereocenters. The van der Waals surface area contributed by atoms with Crippen molar-refractivity contribution in [3.05, 3.63) is 42.0 Å². The maximum absolute atomic E-state index is 11.9. The minimum atomic E-state index is -4.22. The summed E-state index contributed by atoms with van der Waals surface area (Å²) in [5.74, 6) is 0. The molecule has 0 unspecified atom stereocenters. The number of unbranched alkanes of at least 4 members (excludes halogenated alkanes) is 9. The van der Waals surface area contributed by atoms with Crippen molar-refractivity contribution in [3.63, 3.8) is 0 Å². The molecule has 0 aliphatic carbocycles.